The van der Waals surface area contributed by atoms with Crippen LogP contribution >= 0.6 is 0 Å². The lowest BCUT2D eigenvalue weighted by atomic mass is 10.2. The lowest BCUT2D eigenvalue weighted by Crippen LogP contribution is -2.11. The summed E-state index contributed by atoms with van der Waals surface area (Å²) >= 11 is 0. The molecule has 7 heteroatoms. The maximum absolute atomic E-state index is 13.2. The maximum atomic E-state index is 13.2. The molecule has 0 radical (unpaired) electrons. The Labute approximate surface area is 124 Å². The van der Waals surface area contributed by atoms with Gasteiger partial charge in [-0.25, -0.2) is 17.0 Å². The van der Waals surface area contributed by atoms with Gasteiger partial charge in [0.05, 0.1) is 20.7 Å². The largest absolute Gasteiger partial charge is 0.251 e. The van der Waals surface area contributed by atoms with Crippen LogP contribution in [0.1, 0.15) is 17.7 Å². The van der Waals surface area contributed by atoms with Gasteiger partial charge >= 0.3 is 0 Å². The van der Waals surface area contributed by atoms with Gasteiger partial charge in [0.2, 0.25) is 0 Å². The van der Waals surface area contributed by atoms with E-state index in [2.05, 4.69) is 0 Å². The Hall–Kier alpha value is -1.73. The van der Waals surface area contributed by atoms with Crippen LogP contribution in [0.25, 0.3) is 0 Å². The summed E-state index contributed by atoms with van der Waals surface area (Å²) in [6.07, 6.45) is 0. The van der Waals surface area contributed by atoms with Crippen molar-refractivity contribution in [3.8, 4) is 0 Å². The van der Waals surface area contributed by atoms with Crippen molar-refractivity contribution < 1.29 is 17.0 Å². The van der Waals surface area contributed by atoms with E-state index in [1.54, 1.807) is 6.07 Å². The van der Waals surface area contributed by atoms with Gasteiger partial charge in [0.15, 0.2) is 9.84 Å². The molecular formula is C14H14FNO3S2. The van der Waals surface area contributed by atoms with E-state index in [0.717, 1.165) is 0 Å². The molecule has 2 atom stereocenters. The lowest BCUT2D eigenvalue weighted by Gasteiger charge is -2.13. The molecular weight excluding hydrogens is 313 g/mol. The van der Waals surface area contributed by atoms with Gasteiger partial charge in [-0.1, -0.05) is 12.1 Å². The highest BCUT2D eigenvalue weighted by Gasteiger charge is 2.25. The Morgan fingerprint density at radius 1 is 1.14 bits per heavy atom. The Morgan fingerprint density at radius 3 is 2.29 bits per heavy atom. The highest BCUT2D eigenvalue weighted by atomic mass is 32.2. The summed E-state index contributed by atoms with van der Waals surface area (Å²) in [5, 5.41) is -0.899. The van der Waals surface area contributed by atoms with E-state index in [0.29, 0.717) is 5.56 Å². The SMILES string of the molecule is C[C@@H](c1cccc(F)c1)S(=O)(=O)c1ccc([SH](=N)=O)cc1. The van der Waals surface area contributed by atoms with Gasteiger partial charge in [-0.05, 0) is 48.9 Å². The molecule has 1 N–H and O–H groups in total. The number of sulfone groups is 1. The van der Waals surface area contributed by atoms with Crippen LogP contribution in [0.5, 0.6) is 0 Å². The Bertz CT molecular complexity index is 820. The van der Waals surface area contributed by atoms with Gasteiger partial charge in [0.1, 0.15) is 5.82 Å². The van der Waals surface area contributed by atoms with Crippen LogP contribution in [-0.2, 0) is 20.4 Å². The van der Waals surface area contributed by atoms with Crippen LogP contribution in [0.3, 0.4) is 0 Å². The van der Waals surface area contributed by atoms with Crippen molar-refractivity contribution in [2.45, 2.75) is 22.0 Å². The minimum Gasteiger partial charge on any atom is -0.251 e. The smallest absolute Gasteiger partial charge is 0.185 e. The first kappa shape index (κ1) is 15.7. The molecule has 4 nitrogen and oxygen atoms in total. The Kier molecular flexibility index (Phi) is 4.43. The molecule has 0 fully saturated rings. The number of halogens is 1. The summed E-state index contributed by atoms with van der Waals surface area (Å²) in [7, 11) is -5.93. The number of thiol groups is 1. The van der Waals surface area contributed by atoms with E-state index in [9.17, 15) is 17.0 Å². The fourth-order valence-electron chi connectivity index (χ4n) is 1.91. The standard InChI is InChI=1S/C14H14FNO3S2/c1-10(11-3-2-4-12(15)9-11)21(18,19)14-7-5-13(6-8-14)20(16)17/h2-10,16,20H,1H3/t10-/m0/s1. The summed E-state index contributed by atoms with van der Waals surface area (Å²) in [4.78, 5) is 0.321. The van der Waals surface area contributed by atoms with Crippen LogP contribution in [0, 0.1) is 10.6 Å². The summed E-state index contributed by atoms with van der Waals surface area (Å²) in [6.45, 7) is 1.49. The monoisotopic (exact) mass is 327 g/mol. The predicted octanol–water partition coefficient (Wildman–Crippen LogP) is 2.96. The topological polar surface area (TPSA) is 75.1 Å². The second-order valence-electron chi connectivity index (χ2n) is 4.53. The third-order valence-electron chi connectivity index (χ3n) is 3.18. The average molecular weight is 327 g/mol. The highest BCUT2D eigenvalue weighted by Crippen LogP contribution is 2.29. The second-order valence-corrected chi connectivity index (χ2v) is 7.90. The van der Waals surface area contributed by atoms with E-state index < -0.39 is 31.5 Å². The normalized spacial score (nSPS) is 14.6. The number of hydrogen-bond donors (Lipinski definition) is 2. The average Bonchev–Trinajstić information content (AvgIpc) is 2.46. The highest BCUT2D eigenvalue weighted by molar-refractivity contribution is 7.91. The van der Waals surface area contributed by atoms with Crippen molar-refractivity contribution in [1.29, 1.82) is 4.78 Å². The molecule has 2 rings (SSSR count). The molecule has 112 valence electrons. The van der Waals surface area contributed by atoms with Crippen LogP contribution < -0.4 is 0 Å². The van der Waals surface area contributed by atoms with Crippen molar-refractivity contribution in [3.63, 3.8) is 0 Å². The molecule has 0 saturated carbocycles. The van der Waals surface area contributed by atoms with Crippen molar-refractivity contribution in [2.24, 2.45) is 0 Å². The van der Waals surface area contributed by atoms with Gasteiger partial charge in [-0.15, -0.1) is 0 Å². The van der Waals surface area contributed by atoms with Crippen molar-refractivity contribution in [1.82, 2.24) is 0 Å². The third kappa shape index (κ3) is 3.30. The first-order valence-corrected chi connectivity index (χ1v) is 8.91. The van der Waals surface area contributed by atoms with Crippen molar-refractivity contribution in [2.75, 3.05) is 0 Å². The first-order chi connectivity index (χ1) is 9.82. The summed E-state index contributed by atoms with van der Waals surface area (Å²) in [5.74, 6) is -0.490. The molecule has 0 aliphatic heterocycles. The lowest BCUT2D eigenvalue weighted by molar-refractivity contribution is 0.585. The second kappa shape index (κ2) is 5.95. The van der Waals surface area contributed by atoms with Gasteiger partial charge in [-0.3, -0.25) is 4.78 Å². The third-order valence-corrected chi connectivity index (χ3v) is 6.08. The fraction of sp³-hybridized carbons (Fsp3) is 0.143. The molecule has 0 aliphatic rings. The zero-order chi connectivity index (χ0) is 15.6. The molecule has 0 heterocycles. The molecule has 2 aromatic rings. The number of hydrogen-bond acceptors (Lipinski definition) is 4. The predicted molar refractivity (Wildman–Crippen MR) is 79.0 cm³/mol. The quantitative estimate of drug-likeness (QED) is 0.848. The summed E-state index contributed by atoms with van der Waals surface area (Å²) in [6, 6.07) is 10.8. The van der Waals surface area contributed by atoms with E-state index in [1.165, 1.54) is 49.4 Å². The Morgan fingerprint density at radius 2 is 1.76 bits per heavy atom. The van der Waals surface area contributed by atoms with Crippen LogP contribution in [0.4, 0.5) is 4.39 Å². The molecule has 0 aromatic heterocycles. The molecule has 1 unspecified atom stereocenters. The van der Waals surface area contributed by atoms with E-state index >= 15 is 0 Å². The number of benzene rings is 2. The first-order valence-electron chi connectivity index (χ1n) is 6.10. The molecule has 0 amide bonds. The minimum atomic E-state index is -3.67. The van der Waals surface area contributed by atoms with Crippen LogP contribution in [0.15, 0.2) is 58.3 Å². The van der Waals surface area contributed by atoms with Crippen molar-refractivity contribution >= 4 is 20.4 Å². The fourth-order valence-corrected chi connectivity index (χ4v) is 3.76. The molecule has 0 aliphatic carbocycles. The van der Waals surface area contributed by atoms with E-state index in [-0.39, 0.29) is 9.79 Å². The van der Waals surface area contributed by atoms with Gasteiger partial charge in [-0.2, -0.15) is 0 Å². The molecule has 0 bridgehead atoms. The van der Waals surface area contributed by atoms with Gasteiger partial charge in [0, 0.05) is 4.90 Å². The zero-order valence-electron chi connectivity index (χ0n) is 11.2. The number of nitrogens with one attached hydrogen (secondary N) is 1. The van der Waals surface area contributed by atoms with Gasteiger partial charge in [0.25, 0.3) is 0 Å². The Balaban J connectivity index is 2.41. The summed E-state index contributed by atoms with van der Waals surface area (Å²) in [5.41, 5.74) is 0.366. The zero-order valence-corrected chi connectivity index (χ0v) is 12.9. The number of rotatable bonds is 4. The molecule has 0 saturated heterocycles. The minimum absolute atomic E-state index is 0.0554. The maximum Gasteiger partial charge on any atom is 0.185 e. The summed E-state index contributed by atoms with van der Waals surface area (Å²) < 4.78 is 56.3. The van der Waals surface area contributed by atoms with Gasteiger partial charge < -0.3 is 0 Å². The van der Waals surface area contributed by atoms with Crippen LogP contribution in [-0.4, -0.2) is 12.6 Å². The molecule has 2 aromatic carbocycles. The van der Waals surface area contributed by atoms with E-state index in [1.807, 2.05) is 0 Å². The van der Waals surface area contributed by atoms with Crippen molar-refractivity contribution in [3.05, 3.63) is 59.9 Å². The van der Waals surface area contributed by atoms with E-state index in [4.69, 9.17) is 4.78 Å². The van der Waals surface area contributed by atoms with Crippen LogP contribution in [0.2, 0.25) is 0 Å². The molecule has 0 spiro atoms. The molecule has 21 heavy (non-hydrogen) atoms.